The Balaban J connectivity index is 1.56. The van der Waals surface area contributed by atoms with Crippen LogP contribution in [0.25, 0.3) is 11.0 Å². The lowest BCUT2D eigenvalue weighted by Crippen LogP contribution is -2.47. The number of allylic oxidation sites excluding steroid dienone is 2. The Kier molecular flexibility index (Phi) is 5.01. The first kappa shape index (κ1) is 22.4. The summed E-state index contributed by atoms with van der Waals surface area (Å²) in [6.45, 7) is 2.66. The first-order valence-corrected chi connectivity index (χ1v) is 10.9. The number of fused-ring (bicyclic) bond motifs is 4. The van der Waals surface area contributed by atoms with Gasteiger partial charge in [0.1, 0.15) is 51.3 Å². The van der Waals surface area contributed by atoms with Crippen LogP contribution in [0.4, 0.5) is 0 Å². The van der Waals surface area contributed by atoms with Gasteiger partial charge in [0.15, 0.2) is 17.3 Å². The molecule has 2 atom stereocenters. The van der Waals surface area contributed by atoms with Crippen molar-refractivity contribution in [2.45, 2.75) is 25.8 Å². The summed E-state index contributed by atoms with van der Waals surface area (Å²) in [6.07, 6.45) is 1.08. The highest BCUT2D eigenvalue weighted by molar-refractivity contribution is 6.27. The Morgan fingerprint density at radius 3 is 2.63 bits per heavy atom. The zero-order chi connectivity index (χ0) is 25.1. The second kappa shape index (κ2) is 7.83. The number of ether oxygens (including phenoxy) is 2. The number of hydrogen-bond acceptors (Lipinski definition) is 8. The van der Waals surface area contributed by atoms with E-state index in [1.807, 2.05) is 24.3 Å². The molecule has 9 heteroatoms. The molecule has 1 amide bonds. The van der Waals surface area contributed by atoms with Crippen LogP contribution < -0.4 is 14.8 Å². The maximum absolute atomic E-state index is 13.3. The number of nitrogens with one attached hydrogen (secondary N) is 1. The summed E-state index contributed by atoms with van der Waals surface area (Å²) in [4.78, 5) is 51.1. The monoisotopic (exact) mass is 475 g/mol. The molecule has 0 saturated heterocycles. The molecule has 2 aliphatic rings. The molecule has 2 heterocycles. The van der Waals surface area contributed by atoms with Crippen molar-refractivity contribution in [1.29, 1.82) is 0 Å². The largest absolute Gasteiger partial charge is 0.507 e. The fourth-order valence-corrected chi connectivity index (χ4v) is 4.73. The molecule has 0 spiro atoms. The number of benzene rings is 2. The number of aromatic hydroxyl groups is 1. The van der Waals surface area contributed by atoms with Crippen LogP contribution in [0, 0.1) is 5.92 Å². The van der Waals surface area contributed by atoms with E-state index < -0.39 is 34.6 Å². The summed E-state index contributed by atoms with van der Waals surface area (Å²) in [7, 11) is 1.32. The lowest BCUT2D eigenvalue weighted by molar-refractivity contribution is -0.140. The summed E-state index contributed by atoms with van der Waals surface area (Å²) < 4.78 is 16.9. The highest BCUT2D eigenvalue weighted by atomic mass is 16.5. The van der Waals surface area contributed by atoms with Gasteiger partial charge in [-0.2, -0.15) is 0 Å². The van der Waals surface area contributed by atoms with Crippen molar-refractivity contribution in [1.82, 2.24) is 5.32 Å². The molecule has 35 heavy (non-hydrogen) atoms. The third kappa shape index (κ3) is 3.23. The van der Waals surface area contributed by atoms with Crippen molar-refractivity contribution in [2.24, 2.45) is 5.92 Å². The van der Waals surface area contributed by atoms with E-state index in [1.54, 1.807) is 6.07 Å². The van der Waals surface area contributed by atoms with Crippen molar-refractivity contribution >= 4 is 34.2 Å². The van der Waals surface area contributed by atoms with Crippen LogP contribution in [0.3, 0.4) is 0 Å². The molecule has 0 radical (unpaired) electrons. The first-order valence-electron chi connectivity index (χ1n) is 10.9. The number of para-hydroxylation sites is 1. The summed E-state index contributed by atoms with van der Waals surface area (Å²) >= 11 is 0. The average molecular weight is 475 g/mol. The van der Waals surface area contributed by atoms with Crippen LogP contribution in [0.2, 0.25) is 0 Å². The van der Waals surface area contributed by atoms with Crippen molar-refractivity contribution in [3.8, 4) is 17.2 Å². The van der Waals surface area contributed by atoms with Gasteiger partial charge >= 0.3 is 0 Å². The van der Waals surface area contributed by atoms with Crippen molar-refractivity contribution in [3.63, 3.8) is 0 Å². The maximum atomic E-state index is 13.3. The molecular formula is C26H21NO8. The van der Waals surface area contributed by atoms with Crippen LogP contribution in [-0.4, -0.2) is 35.5 Å². The fraction of sp³-hybridized carbons (Fsp3) is 0.231. The smallest absolute Gasteiger partial charge is 0.259 e. The number of methoxy groups -OCH3 is 1. The maximum Gasteiger partial charge on any atom is 0.259 e. The lowest BCUT2D eigenvalue weighted by Gasteiger charge is -2.30. The number of Topliss-reactive ketones (excluding diaryl/α,β-unsaturated/α-hetero) is 2. The zero-order valence-corrected chi connectivity index (χ0v) is 19.1. The number of furan rings is 1. The number of rotatable bonds is 5. The van der Waals surface area contributed by atoms with Crippen molar-refractivity contribution in [3.05, 3.63) is 65.1 Å². The summed E-state index contributed by atoms with van der Waals surface area (Å²) in [5, 5.41) is 14.4. The molecule has 1 aliphatic carbocycles. The third-order valence-electron chi connectivity index (χ3n) is 6.50. The first-order chi connectivity index (χ1) is 16.7. The van der Waals surface area contributed by atoms with Gasteiger partial charge in [-0.15, -0.1) is 0 Å². The zero-order valence-electron chi connectivity index (χ0n) is 19.1. The molecule has 1 aliphatic heterocycles. The Morgan fingerprint density at radius 2 is 1.94 bits per heavy atom. The summed E-state index contributed by atoms with van der Waals surface area (Å²) in [5.74, 6) is -4.16. The van der Waals surface area contributed by atoms with E-state index in [0.29, 0.717) is 11.3 Å². The van der Waals surface area contributed by atoms with Crippen LogP contribution in [0.5, 0.6) is 17.2 Å². The quantitative estimate of drug-likeness (QED) is 0.539. The van der Waals surface area contributed by atoms with Gasteiger partial charge in [-0.3, -0.25) is 19.2 Å². The number of hydrogen-bond donors (Lipinski definition) is 2. The van der Waals surface area contributed by atoms with Gasteiger partial charge in [-0.1, -0.05) is 18.2 Å². The SMILES string of the molecule is COc1cc(O)c2c(c1C(=O)NCc1cc3ccccc3o1)OC1=CC(=O)C(C(C)=O)C(=O)[C@]12C. The summed E-state index contributed by atoms with van der Waals surface area (Å²) in [6, 6.07) is 10.4. The van der Waals surface area contributed by atoms with Crippen LogP contribution in [0.15, 0.2) is 52.7 Å². The molecule has 0 bridgehead atoms. The third-order valence-corrected chi connectivity index (χ3v) is 6.50. The van der Waals surface area contributed by atoms with Gasteiger partial charge < -0.3 is 24.3 Å². The lowest BCUT2D eigenvalue weighted by atomic mass is 9.67. The van der Waals surface area contributed by atoms with Crippen LogP contribution in [0.1, 0.15) is 35.5 Å². The molecule has 1 aromatic heterocycles. The van der Waals surface area contributed by atoms with E-state index in [4.69, 9.17) is 13.9 Å². The molecule has 5 rings (SSSR count). The molecule has 0 saturated carbocycles. The molecule has 0 fully saturated rings. The Hall–Kier alpha value is -4.40. The fourth-order valence-electron chi connectivity index (χ4n) is 4.73. The normalized spacial score (nSPS) is 20.7. The van der Waals surface area contributed by atoms with E-state index >= 15 is 0 Å². The standard InChI is InChI=1S/C26H21NO8/c1-12(28)20-15(29)10-19-26(2,24(20)31)22-16(30)9-18(33-3)21(23(22)35-19)25(32)27-11-14-8-13-6-4-5-7-17(13)34-14/h4-10,20,30H,11H2,1-3H3,(H,27,32)/t20?,26-/m1/s1. The number of carbonyl (C=O) groups is 4. The van der Waals surface area contributed by atoms with Gasteiger partial charge in [-0.25, -0.2) is 0 Å². The predicted octanol–water partition coefficient (Wildman–Crippen LogP) is 2.97. The highest BCUT2D eigenvalue weighted by Crippen LogP contribution is 2.56. The van der Waals surface area contributed by atoms with Crippen LogP contribution >= 0.6 is 0 Å². The van der Waals surface area contributed by atoms with Gasteiger partial charge in [0, 0.05) is 17.5 Å². The minimum absolute atomic E-state index is 0.00203. The Morgan fingerprint density at radius 1 is 1.20 bits per heavy atom. The molecule has 3 aromatic rings. The number of phenols is 1. The second-order valence-electron chi connectivity index (χ2n) is 8.66. The van der Waals surface area contributed by atoms with Gasteiger partial charge in [0.05, 0.1) is 19.2 Å². The molecule has 2 N–H and O–H groups in total. The van der Waals surface area contributed by atoms with Gasteiger partial charge in [-0.05, 0) is 26.0 Å². The minimum atomic E-state index is -1.62. The Labute approximate surface area is 199 Å². The van der Waals surface area contributed by atoms with Crippen molar-refractivity contribution in [2.75, 3.05) is 7.11 Å². The molecule has 1 unspecified atom stereocenters. The average Bonchev–Trinajstić information content (AvgIpc) is 3.36. The molecular weight excluding hydrogens is 454 g/mol. The van der Waals surface area contributed by atoms with Crippen LogP contribution in [-0.2, 0) is 26.3 Å². The predicted molar refractivity (Wildman–Crippen MR) is 122 cm³/mol. The Bertz CT molecular complexity index is 1450. The van der Waals surface area contributed by atoms with E-state index in [0.717, 1.165) is 18.4 Å². The van der Waals surface area contributed by atoms with Gasteiger partial charge in [0.2, 0.25) is 0 Å². The molecule has 9 nitrogen and oxygen atoms in total. The van der Waals surface area contributed by atoms with E-state index in [2.05, 4.69) is 5.32 Å². The molecule has 178 valence electrons. The van der Waals surface area contributed by atoms with Gasteiger partial charge in [0.25, 0.3) is 5.91 Å². The number of amides is 1. The second-order valence-corrected chi connectivity index (χ2v) is 8.66. The number of phenolic OH excluding ortho intramolecular Hbond substituents is 1. The van der Waals surface area contributed by atoms with Crippen molar-refractivity contribution < 1.29 is 38.2 Å². The van der Waals surface area contributed by atoms with E-state index in [1.165, 1.54) is 20.1 Å². The minimum Gasteiger partial charge on any atom is -0.507 e. The summed E-state index contributed by atoms with van der Waals surface area (Å²) in [5.41, 5.74) is -1.01. The highest BCUT2D eigenvalue weighted by Gasteiger charge is 2.58. The number of carbonyl (C=O) groups excluding carboxylic acids is 4. The van der Waals surface area contributed by atoms with E-state index in [9.17, 15) is 24.3 Å². The topological polar surface area (TPSA) is 132 Å². The van der Waals surface area contributed by atoms with E-state index in [-0.39, 0.29) is 40.7 Å². The molecule has 2 aromatic carbocycles. The number of ketones is 3.